The van der Waals surface area contributed by atoms with Gasteiger partial charge in [-0.2, -0.15) is 0 Å². The van der Waals surface area contributed by atoms with Crippen molar-refractivity contribution in [1.82, 2.24) is 5.06 Å². The molecule has 0 saturated carbocycles. The fourth-order valence-corrected chi connectivity index (χ4v) is 0.825. The molecule has 0 aliphatic carbocycles. The molecule has 0 atom stereocenters. The van der Waals surface area contributed by atoms with E-state index in [4.69, 9.17) is 9.59 Å². The smallest absolute Gasteiger partial charge is 0.367 e. The Morgan fingerprint density at radius 2 is 1.78 bits per heavy atom. The van der Waals surface area contributed by atoms with Crippen LogP contribution in [0.15, 0.2) is 0 Å². The van der Waals surface area contributed by atoms with E-state index in [9.17, 15) is 0 Å². The Bertz CT molecular complexity index is 85.9. The van der Waals surface area contributed by atoms with E-state index in [-0.39, 0.29) is 0 Å². The van der Waals surface area contributed by atoms with Gasteiger partial charge in [-0.1, -0.05) is 0 Å². The van der Waals surface area contributed by atoms with Crippen molar-refractivity contribution in [1.29, 1.82) is 0 Å². The summed E-state index contributed by atoms with van der Waals surface area (Å²) in [4.78, 5) is 17.4. The molecule has 5 nitrogen and oxygen atoms in total. The third kappa shape index (κ3) is 4.52. The fraction of sp³-hybridized carbons (Fsp3) is 1.00. The molecule has 0 rings (SSSR count). The van der Waals surface area contributed by atoms with Crippen molar-refractivity contribution in [3.8, 4) is 0 Å². The Morgan fingerprint density at radius 1 is 1.33 bits per heavy atom. The Balaban J connectivity index is 3.58. The van der Waals surface area contributed by atoms with Gasteiger partial charge in [0.15, 0.2) is 0 Å². The second-order valence-electron chi connectivity index (χ2n) is 1.66. The number of rotatable bonds is 3. The summed E-state index contributed by atoms with van der Waals surface area (Å²) >= 11 is 0. The maximum Gasteiger partial charge on any atom is 0.691 e. The SMILES string of the molecule is CO[Si](O)(O)ON(C)C. The first-order valence-electron chi connectivity index (χ1n) is 2.34. The second-order valence-corrected chi connectivity index (χ2v) is 3.34. The van der Waals surface area contributed by atoms with E-state index >= 15 is 0 Å². The molecule has 0 aliphatic rings. The van der Waals surface area contributed by atoms with E-state index in [0.717, 1.165) is 0 Å². The van der Waals surface area contributed by atoms with E-state index in [1.807, 2.05) is 0 Å². The van der Waals surface area contributed by atoms with Gasteiger partial charge < -0.3 is 14.0 Å². The molecule has 0 unspecified atom stereocenters. The third-order valence-corrected chi connectivity index (χ3v) is 1.70. The van der Waals surface area contributed by atoms with Crippen LogP contribution in [-0.2, 0) is 8.95 Å². The van der Waals surface area contributed by atoms with Gasteiger partial charge in [0.05, 0.1) is 0 Å². The lowest BCUT2D eigenvalue weighted by Crippen LogP contribution is -2.45. The van der Waals surface area contributed by atoms with Gasteiger partial charge >= 0.3 is 9.05 Å². The normalized spacial score (nSPS) is 12.7. The van der Waals surface area contributed by atoms with Gasteiger partial charge in [-0.3, -0.25) is 4.53 Å². The van der Waals surface area contributed by atoms with Crippen molar-refractivity contribution >= 4 is 9.05 Å². The van der Waals surface area contributed by atoms with Gasteiger partial charge in [0.25, 0.3) is 0 Å². The maximum atomic E-state index is 8.70. The molecule has 0 aromatic heterocycles. The van der Waals surface area contributed by atoms with E-state index in [1.165, 1.54) is 26.3 Å². The summed E-state index contributed by atoms with van der Waals surface area (Å²) in [6, 6.07) is 0. The third-order valence-electron chi connectivity index (χ3n) is 0.567. The minimum absolute atomic E-state index is 1.18. The molecule has 0 saturated heterocycles. The number of hydrogen-bond donors (Lipinski definition) is 2. The highest BCUT2D eigenvalue weighted by molar-refractivity contribution is 6.50. The zero-order valence-electron chi connectivity index (χ0n) is 5.66. The van der Waals surface area contributed by atoms with Crippen LogP contribution in [0.2, 0.25) is 0 Å². The maximum absolute atomic E-state index is 8.70. The molecule has 0 spiro atoms. The quantitative estimate of drug-likeness (QED) is 0.383. The van der Waals surface area contributed by atoms with Gasteiger partial charge in [-0.05, 0) is 0 Å². The topological polar surface area (TPSA) is 62.2 Å². The average molecular weight is 153 g/mol. The molecule has 0 aliphatic heterocycles. The van der Waals surface area contributed by atoms with Crippen LogP contribution in [0.25, 0.3) is 0 Å². The minimum atomic E-state index is -3.81. The van der Waals surface area contributed by atoms with Crippen LogP contribution in [0.4, 0.5) is 0 Å². The zero-order valence-corrected chi connectivity index (χ0v) is 6.66. The predicted molar refractivity (Wildman–Crippen MR) is 32.0 cm³/mol. The largest absolute Gasteiger partial charge is 0.691 e. The van der Waals surface area contributed by atoms with Crippen molar-refractivity contribution in [2.45, 2.75) is 0 Å². The summed E-state index contributed by atoms with van der Waals surface area (Å²) in [6.07, 6.45) is 0. The molecule has 56 valence electrons. The Labute approximate surface area is 54.9 Å². The summed E-state index contributed by atoms with van der Waals surface area (Å²) < 4.78 is 8.68. The monoisotopic (exact) mass is 153 g/mol. The first-order chi connectivity index (χ1) is 3.98. The van der Waals surface area contributed by atoms with Crippen LogP contribution < -0.4 is 0 Å². The molecule has 0 fully saturated rings. The van der Waals surface area contributed by atoms with Gasteiger partial charge in [0.2, 0.25) is 0 Å². The van der Waals surface area contributed by atoms with Crippen LogP contribution in [0.5, 0.6) is 0 Å². The van der Waals surface area contributed by atoms with E-state index in [2.05, 4.69) is 8.95 Å². The summed E-state index contributed by atoms with van der Waals surface area (Å²) in [5.41, 5.74) is 0. The molecule has 9 heavy (non-hydrogen) atoms. The molecule has 0 radical (unpaired) electrons. The fourth-order valence-electron chi connectivity index (χ4n) is 0.275. The molecule has 0 heterocycles. The minimum Gasteiger partial charge on any atom is -0.367 e. The highest BCUT2D eigenvalue weighted by atomic mass is 28.4. The molecule has 0 amide bonds. The molecule has 2 N–H and O–H groups in total. The van der Waals surface area contributed by atoms with Crippen molar-refractivity contribution in [2.75, 3.05) is 21.2 Å². The number of hydrogen-bond acceptors (Lipinski definition) is 5. The molecular weight excluding hydrogens is 142 g/mol. The molecule has 0 aromatic carbocycles. The van der Waals surface area contributed by atoms with Gasteiger partial charge in [0, 0.05) is 21.2 Å². The summed E-state index contributed by atoms with van der Waals surface area (Å²) in [6.45, 7) is 0. The number of hydroxylamine groups is 2. The van der Waals surface area contributed by atoms with Crippen LogP contribution >= 0.6 is 0 Å². The lowest BCUT2D eigenvalue weighted by Gasteiger charge is -2.17. The molecule has 0 aromatic rings. The van der Waals surface area contributed by atoms with E-state index in [0.29, 0.717) is 0 Å². The first kappa shape index (κ1) is 9.02. The van der Waals surface area contributed by atoms with Crippen molar-refractivity contribution in [3.63, 3.8) is 0 Å². The van der Waals surface area contributed by atoms with Crippen LogP contribution in [-0.4, -0.2) is 44.9 Å². The van der Waals surface area contributed by atoms with Crippen LogP contribution in [0.1, 0.15) is 0 Å². The lowest BCUT2D eigenvalue weighted by atomic mass is 11.2. The van der Waals surface area contributed by atoms with E-state index < -0.39 is 9.05 Å². The predicted octanol–water partition coefficient (Wildman–Crippen LogP) is -1.45. The average Bonchev–Trinajstić information content (AvgIpc) is 1.63. The van der Waals surface area contributed by atoms with Crippen molar-refractivity contribution < 1.29 is 18.5 Å². The van der Waals surface area contributed by atoms with Crippen LogP contribution in [0, 0.1) is 0 Å². The first-order valence-corrected chi connectivity index (χ1v) is 4.05. The molecule has 0 bridgehead atoms. The highest BCUT2D eigenvalue weighted by Crippen LogP contribution is 1.95. The van der Waals surface area contributed by atoms with Gasteiger partial charge in [0.1, 0.15) is 0 Å². The van der Waals surface area contributed by atoms with E-state index in [1.54, 1.807) is 0 Å². The van der Waals surface area contributed by atoms with Gasteiger partial charge in [-0.15, -0.1) is 0 Å². The Kier molecular flexibility index (Phi) is 3.26. The summed E-state index contributed by atoms with van der Waals surface area (Å²) in [5, 5.41) is 1.18. The van der Waals surface area contributed by atoms with Crippen molar-refractivity contribution in [2.24, 2.45) is 0 Å². The van der Waals surface area contributed by atoms with Crippen molar-refractivity contribution in [3.05, 3.63) is 0 Å². The van der Waals surface area contributed by atoms with Crippen LogP contribution in [0.3, 0.4) is 0 Å². The lowest BCUT2D eigenvalue weighted by molar-refractivity contribution is -0.108. The zero-order chi connectivity index (χ0) is 7.49. The summed E-state index contributed by atoms with van der Waals surface area (Å²) in [5.74, 6) is 0. The Morgan fingerprint density at radius 3 is 1.89 bits per heavy atom. The molecular formula is C3H11NO4Si. The Hall–Kier alpha value is 0.0169. The standard InChI is InChI=1S/C3H11NO4Si/c1-4(2)8-9(5,6)7-3/h5-6H,1-3H3. The molecule has 6 heteroatoms. The van der Waals surface area contributed by atoms with Gasteiger partial charge in [-0.25, -0.2) is 5.06 Å². The summed E-state index contributed by atoms with van der Waals surface area (Å²) in [7, 11) is 0.432. The highest BCUT2D eigenvalue weighted by Gasteiger charge is 2.36. The number of nitrogens with zero attached hydrogens (tertiary/aromatic N) is 1. The second kappa shape index (κ2) is 3.25.